The van der Waals surface area contributed by atoms with Crippen LogP contribution in [0.3, 0.4) is 0 Å². The van der Waals surface area contributed by atoms with Crippen LogP contribution in [0.1, 0.15) is 26.0 Å². The number of carbonyl (C=O) groups is 1. The van der Waals surface area contributed by atoms with Crippen molar-refractivity contribution < 1.29 is 13.2 Å². The SMILES string of the molecule is Cc1cccc(C(=O)NC[C@@H](c2cccs2)S(=O)(=O)c2ccc(Cl)cc2)c1. The molecule has 3 aromatic rings. The first-order chi connectivity index (χ1) is 12.9. The van der Waals surface area contributed by atoms with Crippen LogP contribution in [-0.4, -0.2) is 20.9 Å². The summed E-state index contributed by atoms with van der Waals surface area (Å²) in [7, 11) is -3.69. The van der Waals surface area contributed by atoms with E-state index in [0.29, 0.717) is 15.5 Å². The molecule has 0 unspecified atom stereocenters. The summed E-state index contributed by atoms with van der Waals surface area (Å²) in [5, 5.41) is 4.18. The molecule has 0 aliphatic heterocycles. The molecule has 0 fully saturated rings. The fourth-order valence-corrected chi connectivity index (χ4v) is 5.61. The summed E-state index contributed by atoms with van der Waals surface area (Å²) in [5.74, 6) is -0.299. The van der Waals surface area contributed by atoms with Gasteiger partial charge in [-0.3, -0.25) is 4.79 Å². The van der Waals surface area contributed by atoms with Gasteiger partial charge in [-0.25, -0.2) is 8.42 Å². The van der Waals surface area contributed by atoms with E-state index in [2.05, 4.69) is 5.32 Å². The summed E-state index contributed by atoms with van der Waals surface area (Å²) in [6, 6.07) is 16.8. The van der Waals surface area contributed by atoms with Gasteiger partial charge in [-0.1, -0.05) is 35.4 Å². The number of amides is 1. The number of aryl methyl sites for hydroxylation is 1. The van der Waals surface area contributed by atoms with E-state index in [1.54, 1.807) is 42.5 Å². The van der Waals surface area contributed by atoms with Crippen molar-refractivity contribution in [2.45, 2.75) is 17.1 Å². The molecule has 4 nitrogen and oxygen atoms in total. The minimum Gasteiger partial charge on any atom is -0.350 e. The third-order valence-corrected chi connectivity index (χ3v) is 7.59. The summed E-state index contributed by atoms with van der Waals surface area (Å²) in [6.45, 7) is 1.88. The van der Waals surface area contributed by atoms with Gasteiger partial charge in [0.05, 0.1) is 4.90 Å². The van der Waals surface area contributed by atoms with E-state index < -0.39 is 15.1 Å². The number of rotatable bonds is 6. The quantitative estimate of drug-likeness (QED) is 0.632. The molecule has 1 aromatic heterocycles. The van der Waals surface area contributed by atoms with Crippen molar-refractivity contribution in [1.82, 2.24) is 5.32 Å². The van der Waals surface area contributed by atoms with Gasteiger partial charge in [-0.05, 0) is 54.8 Å². The summed E-state index contributed by atoms with van der Waals surface area (Å²) >= 11 is 7.22. The normalized spacial score (nSPS) is 12.5. The molecule has 1 heterocycles. The molecule has 0 aliphatic carbocycles. The number of thiophene rings is 1. The monoisotopic (exact) mass is 419 g/mol. The third-order valence-electron chi connectivity index (χ3n) is 4.11. The van der Waals surface area contributed by atoms with Gasteiger partial charge < -0.3 is 5.32 Å². The highest BCUT2D eigenvalue weighted by Crippen LogP contribution is 2.32. The van der Waals surface area contributed by atoms with E-state index in [9.17, 15) is 13.2 Å². The molecule has 7 heteroatoms. The molecule has 0 aliphatic rings. The molecular formula is C20H18ClNO3S2. The van der Waals surface area contributed by atoms with Crippen molar-refractivity contribution in [2.24, 2.45) is 0 Å². The Balaban J connectivity index is 1.86. The molecule has 0 saturated carbocycles. The number of hydrogen-bond donors (Lipinski definition) is 1. The highest BCUT2D eigenvalue weighted by molar-refractivity contribution is 7.91. The van der Waals surface area contributed by atoms with Gasteiger partial charge in [0.2, 0.25) is 0 Å². The maximum atomic E-state index is 13.2. The topological polar surface area (TPSA) is 63.2 Å². The van der Waals surface area contributed by atoms with Crippen LogP contribution in [0.4, 0.5) is 0 Å². The highest BCUT2D eigenvalue weighted by Gasteiger charge is 2.30. The molecule has 0 spiro atoms. The molecule has 1 N–H and O–H groups in total. The summed E-state index contributed by atoms with van der Waals surface area (Å²) in [5.41, 5.74) is 1.47. The number of nitrogens with one attached hydrogen (secondary N) is 1. The van der Waals surface area contributed by atoms with E-state index in [-0.39, 0.29) is 17.3 Å². The molecule has 0 radical (unpaired) electrons. The zero-order chi connectivity index (χ0) is 19.4. The zero-order valence-corrected chi connectivity index (χ0v) is 16.9. The minimum atomic E-state index is -3.69. The largest absolute Gasteiger partial charge is 0.350 e. The predicted molar refractivity (Wildman–Crippen MR) is 109 cm³/mol. The Morgan fingerprint density at radius 3 is 2.48 bits per heavy atom. The van der Waals surface area contributed by atoms with Crippen LogP contribution in [0.15, 0.2) is 70.9 Å². The van der Waals surface area contributed by atoms with Crippen molar-refractivity contribution in [1.29, 1.82) is 0 Å². The van der Waals surface area contributed by atoms with E-state index in [0.717, 1.165) is 5.56 Å². The Kier molecular flexibility index (Phi) is 5.99. The van der Waals surface area contributed by atoms with Crippen LogP contribution >= 0.6 is 22.9 Å². The van der Waals surface area contributed by atoms with Crippen LogP contribution in [0, 0.1) is 6.92 Å². The van der Waals surface area contributed by atoms with Gasteiger partial charge in [0, 0.05) is 22.0 Å². The summed E-state index contributed by atoms with van der Waals surface area (Å²) in [6.07, 6.45) is 0. The Hall–Kier alpha value is -2.15. The van der Waals surface area contributed by atoms with Crippen LogP contribution < -0.4 is 5.32 Å². The lowest BCUT2D eigenvalue weighted by Crippen LogP contribution is -2.31. The van der Waals surface area contributed by atoms with Gasteiger partial charge in [0.1, 0.15) is 5.25 Å². The van der Waals surface area contributed by atoms with E-state index >= 15 is 0 Å². The number of halogens is 1. The first-order valence-corrected chi connectivity index (χ1v) is 11.1. The van der Waals surface area contributed by atoms with Crippen molar-refractivity contribution >= 4 is 38.7 Å². The molecule has 2 aromatic carbocycles. The Morgan fingerprint density at radius 2 is 1.85 bits per heavy atom. The molecule has 1 amide bonds. The van der Waals surface area contributed by atoms with Gasteiger partial charge >= 0.3 is 0 Å². The fourth-order valence-electron chi connectivity index (χ4n) is 2.70. The van der Waals surface area contributed by atoms with Crippen molar-refractivity contribution in [3.8, 4) is 0 Å². The Bertz CT molecular complexity index is 1030. The average molecular weight is 420 g/mol. The maximum Gasteiger partial charge on any atom is 0.251 e. The Labute approximate surface area is 167 Å². The lowest BCUT2D eigenvalue weighted by Gasteiger charge is -2.17. The second-order valence-corrected chi connectivity index (χ2v) is 9.63. The number of hydrogen-bond acceptors (Lipinski definition) is 4. The molecular weight excluding hydrogens is 402 g/mol. The smallest absolute Gasteiger partial charge is 0.251 e. The molecule has 1 atom stereocenters. The molecule has 0 bridgehead atoms. The van der Waals surface area contributed by atoms with Gasteiger partial charge in [-0.15, -0.1) is 11.3 Å². The molecule has 140 valence electrons. The third kappa shape index (κ3) is 4.58. The minimum absolute atomic E-state index is 0.0156. The first kappa shape index (κ1) is 19.6. The van der Waals surface area contributed by atoms with Crippen molar-refractivity contribution in [3.05, 3.63) is 87.1 Å². The molecule has 3 rings (SSSR count). The van der Waals surface area contributed by atoms with Crippen LogP contribution in [0.5, 0.6) is 0 Å². The highest BCUT2D eigenvalue weighted by atomic mass is 35.5. The number of carbonyl (C=O) groups excluding carboxylic acids is 1. The van der Waals surface area contributed by atoms with Gasteiger partial charge in [-0.2, -0.15) is 0 Å². The van der Waals surface area contributed by atoms with E-state index in [1.807, 2.05) is 18.4 Å². The van der Waals surface area contributed by atoms with Crippen molar-refractivity contribution in [3.63, 3.8) is 0 Å². The van der Waals surface area contributed by atoms with E-state index in [1.165, 1.54) is 23.5 Å². The summed E-state index contributed by atoms with van der Waals surface area (Å²) in [4.78, 5) is 13.3. The zero-order valence-electron chi connectivity index (χ0n) is 14.6. The second kappa shape index (κ2) is 8.25. The van der Waals surface area contributed by atoms with Crippen LogP contribution in [0.2, 0.25) is 5.02 Å². The number of sulfone groups is 1. The second-order valence-electron chi connectivity index (χ2n) is 6.08. The van der Waals surface area contributed by atoms with Crippen molar-refractivity contribution in [2.75, 3.05) is 6.54 Å². The maximum absolute atomic E-state index is 13.2. The average Bonchev–Trinajstić information content (AvgIpc) is 3.16. The predicted octanol–water partition coefficient (Wildman–Crippen LogP) is 4.65. The van der Waals surface area contributed by atoms with Crippen LogP contribution in [0.25, 0.3) is 0 Å². The first-order valence-electron chi connectivity index (χ1n) is 8.25. The lowest BCUT2D eigenvalue weighted by molar-refractivity contribution is 0.0953. The molecule has 27 heavy (non-hydrogen) atoms. The van der Waals surface area contributed by atoms with Crippen LogP contribution in [-0.2, 0) is 9.84 Å². The lowest BCUT2D eigenvalue weighted by atomic mass is 10.1. The fraction of sp³-hybridized carbons (Fsp3) is 0.150. The molecule has 0 saturated heterocycles. The standard InChI is InChI=1S/C20H18ClNO3S2/c1-14-4-2-5-15(12-14)20(23)22-13-19(18-6-3-11-26-18)27(24,25)17-9-7-16(21)8-10-17/h2-12,19H,13H2,1H3,(H,22,23)/t19-/m0/s1. The Morgan fingerprint density at radius 1 is 1.11 bits per heavy atom. The number of benzene rings is 2. The van der Waals surface area contributed by atoms with Gasteiger partial charge in [0.15, 0.2) is 9.84 Å². The summed E-state index contributed by atoms with van der Waals surface area (Å²) < 4.78 is 26.3. The van der Waals surface area contributed by atoms with Gasteiger partial charge in [0.25, 0.3) is 5.91 Å². The van der Waals surface area contributed by atoms with E-state index in [4.69, 9.17) is 11.6 Å².